The molecule has 35 heavy (non-hydrogen) atoms. The van der Waals surface area contributed by atoms with Crippen molar-refractivity contribution in [1.82, 2.24) is 9.55 Å². The molecular formula is C28H25N3O3S. The Bertz CT molecular complexity index is 1620. The number of nitrogens with one attached hydrogen (secondary N) is 1. The number of thioether (sulfide) groups is 1. The number of aryl methyl sites for hydroxylation is 3. The number of anilines is 1. The molecule has 0 fully saturated rings. The maximum Gasteiger partial charge on any atom is 0.302 e. The van der Waals surface area contributed by atoms with Gasteiger partial charge < -0.3 is 9.73 Å². The molecular weight excluding hydrogens is 458 g/mol. The summed E-state index contributed by atoms with van der Waals surface area (Å²) in [6.07, 6.45) is 0.941. The van der Waals surface area contributed by atoms with Crippen LogP contribution in [0.2, 0.25) is 0 Å². The van der Waals surface area contributed by atoms with Gasteiger partial charge in [0.05, 0.1) is 11.4 Å². The fourth-order valence-electron chi connectivity index (χ4n) is 3.96. The van der Waals surface area contributed by atoms with E-state index in [4.69, 9.17) is 9.40 Å². The highest BCUT2D eigenvalue weighted by Gasteiger charge is 2.20. The van der Waals surface area contributed by atoms with Crippen LogP contribution >= 0.6 is 11.8 Å². The molecule has 5 aromatic rings. The first-order valence-electron chi connectivity index (χ1n) is 11.5. The first-order valence-corrected chi connectivity index (χ1v) is 12.5. The lowest BCUT2D eigenvalue weighted by molar-refractivity contribution is -0.113. The number of hydrogen-bond donors (Lipinski definition) is 1. The molecule has 0 aliphatic rings. The molecule has 0 radical (unpaired) electrons. The summed E-state index contributed by atoms with van der Waals surface area (Å²) in [6.45, 7) is 6.11. The van der Waals surface area contributed by atoms with E-state index in [1.807, 2.05) is 80.6 Å². The highest BCUT2D eigenvalue weighted by atomic mass is 32.2. The third kappa shape index (κ3) is 4.47. The zero-order valence-electron chi connectivity index (χ0n) is 19.8. The molecule has 176 valence electrons. The molecule has 0 saturated carbocycles. The number of carbonyl (C=O) groups is 1. The molecule has 0 aliphatic carbocycles. The number of rotatable bonds is 6. The van der Waals surface area contributed by atoms with Gasteiger partial charge >= 0.3 is 5.56 Å². The summed E-state index contributed by atoms with van der Waals surface area (Å²) < 4.78 is 7.43. The van der Waals surface area contributed by atoms with Gasteiger partial charge in [-0.2, -0.15) is 0 Å². The van der Waals surface area contributed by atoms with Crippen LogP contribution in [0.5, 0.6) is 0 Å². The molecule has 1 amide bonds. The van der Waals surface area contributed by atoms with Crippen LogP contribution in [0.3, 0.4) is 0 Å². The van der Waals surface area contributed by atoms with Crippen LogP contribution in [-0.4, -0.2) is 21.2 Å². The molecule has 1 N–H and O–H groups in total. The van der Waals surface area contributed by atoms with Crippen LogP contribution in [-0.2, 0) is 11.2 Å². The normalized spacial score (nSPS) is 11.3. The van der Waals surface area contributed by atoms with Gasteiger partial charge in [-0.3, -0.25) is 14.2 Å². The Morgan fingerprint density at radius 3 is 2.54 bits per heavy atom. The maximum atomic E-state index is 13.6. The molecule has 0 unspecified atom stereocenters. The second-order valence-corrected chi connectivity index (χ2v) is 9.41. The van der Waals surface area contributed by atoms with Gasteiger partial charge in [0.2, 0.25) is 11.5 Å². The predicted molar refractivity (Wildman–Crippen MR) is 142 cm³/mol. The highest BCUT2D eigenvalue weighted by Crippen LogP contribution is 2.29. The average Bonchev–Trinajstić information content (AvgIpc) is 3.24. The molecule has 5 rings (SSSR count). The van der Waals surface area contributed by atoms with E-state index < -0.39 is 0 Å². The van der Waals surface area contributed by atoms with E-state index in [9.17, 15) is 9.59 Å². The quantitative estimate of drug-likeness (QED) is 0.235. The van der Waals surface area contributed by atoms with Crippen LogP contribution in [0, 0.1) is 13.8 Å². The van der Waals surface area contributed by atoms with Crippen molar-refractivity contribution >= 4 is 45.4 Å². The number of benzene rings is 3. The van der Waals surface area contributed by atoms with Gasteiger partial charge in [0, 0.05) is 11.1 Å². The molecule has 0 spiro atoms. The van der Waals surface area contributed by atoms with Crippen LogP contribution in [0.1, 0.15) is 23.6 Å². The topological polar surface area (TPSA) is 77.1 Å². The first kappa shape index (κ1) is 22.9. The average molecular weight is 484 g/mol. The van der Waals surface area contributed by atoms with Crippen molar-refractivity contribution in [2.24, 2.45) is 0 Å². The number of nitrogens with zero attached hydrogens (tertiary/aromatic N) is 2. The molecule has 7 heteroatoms. The van der Waals surface area contributed by atoms with E-state index in [1.165, 1.54) is 21.9 Å². The summed E-state index contributed by atoms with van der Waals surface area (Å²) >= 11 is 1.23. The van der Waals surface area contributed by atoms with E-state index in [-0.39, 0.29) is 22.8 Å². The molecule has 0 aliphatic heterocycles. The largest absolute Gasteiger partial charge is 0.448 e. The summed E-state index contributed by atoms with van der Waals surface area (Å²) in [5, 5.41) is 4.13. The third-order valence-electron chi connectivity index (χ3n) is 6.09. The molecule has 3 aromatic carbocycles. The van der Waals surface area contributed by atoms with Crippen LogP contribution in [0.4, 0.5) is 5.69 Å². The van der Waals surface area contributed by atoms with Crippen LogP contribution in [0.15, 0.2) is 81.1 Å². The molecule has 2 heterocycles. The Kier molecular flexibility index (Phi) is 6.17. The third-order valence-corrected chi connectivity index (χ3v) is 7.03. The van der Waals surface area contributed by atoms with Crippen LogP contribution < -0.4 is 10.9 Å². The van der Waals surface area contributed by atoms with E-state index in [1.54, 1.807) is 0 Å². The summed E-state index contributed by atoms with van der Waals surface area (Å²) in [5.41, 5.74) is 5.83. The monoisotopic (exact) mass is 483 g/mol. The molecule has 6 nitrogen and oxygen atoms in total. The molecule has 0 saturated heterocycles. The molecule has 0 bridgehead atoms. The second kappa shape index (κ2) is 9.43. The number of hydrogen-bond acceptors (Lipinski definition) is 5. The van der Waals surface area contributed by atoms with E-state index in [0.29, 0.717) is 21.9 Å². The number of carbonyl (C=O) groups excluding carboxylic acids is 1. The fraction of sp³-hybridized carbons (Fsp3) is 0.179. The minimum absolute atomic E-state index is 0.105. The maximum absolute atomic E-state index is 13.6. The van der Waals surface area contributed by atoms with Gasteiger partial charge in [-0.1, -0.05) is 49.0 Å². The van der Waals surface area contributed by atoms with Gasteiger partial charge in [0.15, 0.2) is 5.16 Å². The van der Waals surface area contributed by atoms with Gasteiger partial charge in [-0.25, -0.2) is 4.98 Å². The Morgan fingerprint density at radius 2 is 1.80 bits per heavy atom. The van der Waals surface area contributed by atoms with Crippen LogP contribution in [0.25, 0.3) is 27.8 Å². The smallest absolute Gasteiger partial charge is 0.302 e. The lowest BCUT2D eigenvalue weighted by Crippen LogP contribution is -2.22. The lowest BCUT2D eigenvalue weighted by atomic mass is 10.1. The molecule has 0 atom stereocenters. The van der Waals surface area contributed by atoms with Crippen molar-refractivity contribution in [1.29, 1.82) is 0 Å². The van der Waals surface area contributed by atoms with E-state index in [0.717, 1.165) is 28.6 Å². The summed E-state index contributed by atoms with van der Waals surface area (Å²) in [4.78, 5) is 31.2. The zero-order chi connectivity index (χ0) is 24.5. The number of aromatic nitrogens is 2. The van der Waals surface area contributed by atoms with Crippen molar-refractivity contribution in [2.45, 2.75) is 32.3 Å². The van der Waals surface area contributed by atoms with Gasteiger partial charge in [-0.15, -0.1) is 0 Å². The number of para-hydroxylation sites is 1. The first-order chi connectivity index (χ1) is 16.9. The SMILES string of the molecule is CCc1ccc(NC(=O)CSc2nc3c(oc4ccccc43)c(=O)n2-c2ccc(C)c(C)c2)cc1. The summed E-state index contributed by atoms with van der Waals surface area (Å²) in [5.74, 6) is -0.0639. The minimum atomic E-state index is -0.299. The lowest BCUT2D eigenvalue weighted by Gasteiger charge is -2.13. The van der Waals surface area contributed by atoms with E-state index >= 15 is 0 Å². The highest BCUT2D eigenvalue weighted by molar-refractivity contribution is 7.99. The van der Waals surface area contributed by atoms with Crippen molar-refractivity contribution in [2.75, 3.05) is 11.1 Å². The summed E-state index contributed by atoms with van der Waals surface area (Å²) in [6, 6.07) is 21.1. The Labute approximate surface area is 207 Å². The van der Waals surface area contributed by atoms with Crippen molar-refractivity contribution in [3.8, 4) is 5.69 Å². The molecule has 2 aromatic heterocycles. The number of amides is 1. The van der Waals surface area contributed by atoms with Crippen molar-refractivity contribution < 1.29 is 9.21 Å². The Balaban J connectivity index is 1.54. The Morgan fingerprint density at radius 1 is 1.03 bits per heavy atom. The minimum Gasteiger partial charge on any atom is -0.448 e. The van der Waals surface area contributed by atoms with Crippen molar-refractivity contribution in [3.05, 3.63) is 93.8 Å². The standard InChI is InChI=1S/C28H25N3O3S/c1-4-19-10-12-20(13-11-19)29-24(32)16-35-28-30-25-22-7-5-6-8-23(22)34-26(25)27(33)31(28)21-14-9-17(2)18(3)15-21/h5-15H,4,16H2,1-3H3,(H,29,32). The van der Waals surface area contributed by atoms with Gasteiger partial charge in [-0.05, 0) is 73.4 Å². The zero-order valence-corrected chi connectivity index (χ0v) is 20.6. The second-order valence-electron chi connectivity index (χ2n) is 8.47. The number of fused-ring (bicyclic) bond motifs is 3. The van der Waals surface area contributed by atoms with Gasteiger partial charge in [0.25, 0.3) is 0 Å². The Hall–Kier alpha value is -3.84. The fourth-order valence-corrected chi connectivity index (χ4v) is 4.77. The van der Waals surface area contributed by atoms with Crippen molar-refractivity contribution in [3.63, 3.8) is 0 Å². The predicted octanol–water partition coefficient (Wildman–Crippen LogP) is 6.04. The summed E-state index contributed by atoms with van der Waals surface area (Å²) in [7, 11) is 0. The number of furan rings is 1. The van der Waals surface area contributed by atoms with E-state index in [2.05, 4.69) is 12.2 Å². The van der Waals surface area contributed by atoms with Gasteiger partial charge in [0.1, 0.15) is 11.1 Å².